The lowest BCUT2D eigenvalue weighted by atomic mass is 10.1. The molecule has 0 saturated carbocycles. The Hall–Kier alpha value is -1.56. The molecule has 1 atom stereocenters. The SMILES string of the molecule is CCC(NC(=O)N1CC=C(COC)CC1)C(=O)O. The largest absolute Gasteiger partial charge is 0.480 e. The number of amides is 2. The minimum atomic E-state index is -1.00. The van der Waals surface area contributed by atoms with Crippen LogP contribution < -0.4 is 5.32 Å². The number of nitrogens with zero attached hydrogens (tertiary/aromatic N) is 1. The fourth-order valence-corrected chi connectivity index (χ4v) is 1.79. The molecule has 1 aliphatic heterocycles. The zero-order chi connectivity index (χ0) is 13.5. The van der Waals surface area contributed by atoms with E-state index in [-0.39, 0.29) is 6.03 Å². The summed E-state index contributed by atoms with van der Waals surface area (Å²) in [4.78, 5) is 24.3. The van der Waals surface area contributed by atoms with E-state index in [0.717, 1.165) is 6.42 Å². The third kappa shape index (κ3) is 4.03. The van der Waals surface area contributed by atoms with Crippen molar-refractivity contribution in [1.82, 2.24) is 10.2 Å². The third-order valence-corrected chi connectivity index (χ3v) is 2.92. The molecule has 0 bridgehead atoms. The number of carboxylic acid groups (broad SMARTS) is 1. The molecule has 0 fully saturated rings. The molecule has 0 saturated heterocycles. The summed E-state index contributed by atoms with van der Waals surface area (Å²) in [5, 5.41) is 11.4. The first kappa shape index (κ1) is 14.5. The van der Waals surface area contributed by atoms with Gasteiger partial charge in [0.25, 0.3) is 0 Å². The van der Waals surface area contributed by atoms with Gasteiger partial charge in [0.2, 0.25) is 0 Å². The van der Waals surface area contributed by atoms with Gasteiger partial charge in [-0.3, -0.25) is 0 Å². The first-order chi connectivity index (χ1) is 8.58. The highest BCUT2D eigenvalue weighted by Crippen LogP contribution is 2.11. The number of carbonyl (C=O) groups is 2. The van der Waals surface area contributed by atoms with Gasteiger partial charge >= 0.3 is 12.0 Å². The van der Waals surface area contributed by atoms with Crippen molar-refractivity contribution in [3.8, 4) is 0 Å². The van der Waals surface area contributed by atoms with Crippen LogP contribution in [0.15, 0.2) is 11.6 Å². The number of aliphatic carboxylic acids is 1. The van der Waals surface area contributed by atoms with Crippen LogP contribution in [0.5, 0.6) is 0 Å². The summed E-state index contributed by atoms with van der Waals surface area (Å²) in [7, 11) is 1.64. The highest BCUT2D eigenvalue weighted by atomic mass is 16.5. The predicted molar refractivity (Wildman–Crippen MR) is 66.4 cm³/mol. The molecule has 1 rings (SSSR count). The number of carboxylic acids is 1. The van der Waals surface area contributed by atoms with Crippen LogP contribution in [0.2, 0.25) is 0 Å². The van der Waals surface area contributed by atoms with E-state index in [4.69, 9.17) is 9.84 Å². The Morgan fingerprint density at radius 1 is 1.61 bits per heavy atom. The molecule has 1 heterocycles. The molecule has 0 aliphatic carbocycles. The number of nitrogens with one attached hydrogen (secondary N) is 1. The minimum absolute atomic E-state index is 0.322. The van der Waals surface area contributed by atoms with E-state index in [0.29, 0.717) is 26.1 Å². The van der Waals surface area contributed by atoms with Gasteiger partial charge in [-0.25, -0.2) is 9.59 Å². The molecule has 1 unspecified atom stereocenters. The van der Waals surface area contributed by atoms with E-state index < -0.39 is 12.0 Å². The lowest BCUT2D eigenvalue weighted by Gasteiger charge is -2.27. The van der Waals surface area contributed by atoms with Crippen LogP contribution in [0, 0.1) is 0 Å². The number of urea groups is 1. The van der Waals surface area contributed by atoms with Crippen molar-refractivity contribution in [2.75, 3.05) is 26.8 Å². The van der Waals surface area contributed by atoms with E-state index in [1.807, 2.05) is 6.08 Å². The van der Waals surface area contributed by atoms with Crippen molar-refractivity contribution in [2.45, 2.75) is 25.8 Å². The number of hydrogen-bond donors (Lipinski definition) is 2. The second kappa shape index (κ2) is 7.00. The normalized spacial score (nSPS) is 17.0. The third-order valence-electron chi connectivity index (χ3n) is 2.92. The quantitative estimate of drug-likeness (QED) is 0.714. The van der Waals surface area contributed by atoms with Crippen molar-refractivity contribution < 1.29 is 19.4 Å². The molecule has 0 aromatic heterocycles. The first-order valence-corrected chi connectivity index (χ1v) is 6.03. The number of methoxy groups -OCH3 is 1. The topological polar surface area (TPSA) is 78.9 Å². The van der Waals surface area contributed by atoms with E-state index in [1.165, 1.54) is 5.57 Å². The maximum absolute atomic E-state index is 11.8. The van der Waals surface area contributed by atoms with Crippen molar-refractivity contribution in [3.63, 3.8) is 0 Å². The molecule has 2 amide bonds. The van der Waals surface area contributed by atoms with E-state index >= 15 is 0 Å². The molecule has 0 spiro atoms. The summed E-state index contributed by atoms with van der Waals surface area (Å²) in [5.74, 6) is -1.00. The Balaban J connectivity index is 2.47. The second-order valence-corrected chi connectivity index (χ2v) is 4.24. The Morgan fingerprint density at radius 3 is 2.78 bits per heavy atom. The van der Waals surface area contributed by atoms with Crippen molar-refractivity contribution >= 4 is 12.0 Å². The van der Waals surface area contributed by atoms with Gasteiger partial charge in [0.1, 0.15) is 6.04 Å². The molecule has 2 N–H and O–H groups in total. The van der Waals surface area contributed by atoms with Crippen LogP contribution in [0.4, 0.5) is 4.79 Å². The lowest BCUT2D eigenvalue weighted by Crippen LogP contribution is -2.48. The summed E-state index contributed by atoms with van der Waals surface area (Å²) in [6.07, 6.45) is 3.10. The zero-order valence-electron chi connectivity index (χ0n) is 10.8. The fourth-order valence-electron chi connectivity index (χ4n) is 1.79. The van der Waals surface area contributed by atoms with Crippen LogP contribution in [0.3, 0.4) is 0 Å². The van der Waals surface area contributed by atoms with E-state index in [9.17, 15) is 9.59 Å². The summed E-state index contributed by atoms with van der Waals surface area (Å²) < 4.78 is 5.03. The zero-order valence-corrected chi connectivity index (χ0v) is 10.8. The smallest absolute Gasteiger partial charge is 0.326 e. The van der Waals surface area contributed by atoms with Gasteiger partial charge in [0, 0.05) is 20.2 Å². The Bertz CT molecular complexity index is 341. The summed E-state index contributed by atoms with van der Waals surface area (Å²) in [6, 6.07) is -1.14. The van der Waals surface area contributed by atoms with Crippen LogP contribution in [0.1, 0.15) is 19.8 Å². The highest BCUT2D eigenvalue weighted by molar-refractivity contribution is 5.82. The van der Waals surface area contributed by atoms with Gasteiger partial charge in [-0.1, -0.05) is 13.0 Å². The van der Waals surface area contributed by atoms with Gasteiger partial charge in [0.05, 0.1) is 6.61 Å². The van der Waals surface area contributed by atoms with E-state index in [2.05, 4.69) is 5.32 Å². The number of carbonyl (C=O) groups excluding carboxylic acids is 1. The molecule has 0 radical (unpaired) electrons. The molecule has 0 aromatic rings. The lowest BCUT2D eigenvalue weighted by molar-refractivity contribution is -0.139. The molecule has 6 heteroatoms. The number of rotatable bonds is 5. The Morgan fingerprint density at radius 2 is 2.33 bits per heavy atom. The van der Waals surface area contributed by atoms with Gasteiger partial charge in [-0.15, -0.1) is 0 Å². The molecular formula is C12H20N2O4. The summed E-state index contributed by atoms with van der Waals surface area (Å²) in [6.45, 7) is 3.41. The average molecular weight is 256 g/mol. The Kier molecular flexibility index (Phi) is 5.64. The van der Waals surface area contributed by atoms with Gasteiger partial charge in [-0.05, 0) is 18.4 Å². The fraction of sp³-hybridized carbons (Fsp3) is 0.667. The number of ether oxygens (including phenoxy) is 1. The van der Waals surface area contributed by atoms with Crippen molar-refractivity contribution in [3.05, 3.63) is 11.6 Å². The monoisotopic (exact) mass is 256 g/mol. The maximum Gasteiger partial charge on any atom is 0.326 e. The second-order valence-electron chi connectivity index (χ2n) is 4.24. The predicted octanol–water partition coefficient (Wildman–Crippen LogP) is 0.838. The molecule has 1 aliphatic rings. The minimum Gasteiger partial charge on any atom is -0.480 e. The van der Waals surface area contributed by atoms with Crippen molar-refractivity contribution in [2.24, 2.45) is 0 Å². The van der Waals surface area contributed by atoms with Crippen LogP contribution in [0.25, 0.3) is 0 Å². The van der Waals surface area contributed by atoms with Gasteiger partial charge in [-0.2, -0.15) is 0 Å². The number of hydrogen-bond acceptors (Lipinski definition) is 3. The first-order valence-electron chi connectivity index (χ1n) is 6.03. The average Bonchev–Trinajstić information content (AvgIpc) is 2.36. The Labute approximate surface area is 107 Å². The molecule has 18 heavy (non-hydrogen) atoms. The van der Waals surface area contributed by atoms with E-state index in [1.54, 1.807) is 18.9 Å². The van der Waals surface area contributed by atoms with Gasteiger partial charge in [0.15, 0.2) is 0 Å². The molecule has 6 nitrogen and oxygen atoms in total. The summed E-state index contributed by atoms with van der Waals surface area (Å²) in [5.41, 5.74) is 1.17. The maximum atomic E-state index is 11.8. The standard InChI is InChI=1S/C12H20N2O4/c1-3-10(11(15)16)13-12(17)14-6-4-9(5-7-14)8-18-2/h4,10H,3,5-8H2,1-2H3,(H,13,17)(H,15,16). The molecule has 0 aromatic carbocycles. The highest BCUT2D eigenvalue weighted by Gasteiger charge is 2.22. The molecular weight excluding hydrogens is 236 g/mol. The van der Waals surface area contributed by atoms with Gasteiger partial charge < -0.3 is 20.1 Å². The van der Waals surface area contributed by atoms with Crippen LogP contribution in [-0.4, -0.2) is 54.9 Å². The van der Waals surface area contributed by atoms with Crippen LogP contribution >= 0.6 is 0 Å². The van der Waals surface area contributed by atoms with Crippen molar-refractivity contribution in [1.29, 1.82) is 0 Å². The summed E-state index contributed by atoms with van der Waals surface area (Å²) >= 11 is 0. The molecule has 102 valence electrons. The van der Waals surface area contributed by atoms with Crippen LogP contribution in [-0.2, 0) is 9.53 Å².